The van der Waals surface area contributed by atoms with Gasteiger partial charge in [0, 0.05) is 32.7 Å². The van der Waals surface area contributed by atoms with Gasteiger partial charge in [-0.2, -0.15) is 9.30 Å². The van der Waals surface area contributed by atoms with Crippen LogP contribution in [0.15, 0.2) is 33.5 Å². The molecule has 3 heterocycles. The van der Waals surface area contributed by atoms with E-state index >= 15 is 0 Å². The molecule has 0 N–H and O–H groups in total. The summed E-state index contributed by atoms with van der Waals surface area (Å²) in [6, 6.07) is 7.36. The summed E-state index contributed by atoms with van der Waals surface area (Å²) in [5.74, 6) is -0.495. The predicted octanol–water partition coefficient (Wildman–Crippen LogP) is 4.21. The van der Waals surface area contributed by atoms with Gasteiger partial charge in [-0.25, -0.2) is 8.42 Å². The fraction of sp³-hybridized carbons (Fsp3) is 0.455. The monoisotopic (exact) mass is 527 g/mol. The van der Waals surface area contributed by atoms with Gasteiger partial charge in [0.1, 0.15) is 4.21 Å². The molecule has 0 radical (unpaired) electrons. The number of sulfonamides is 1. The molecule has 0 unspecified atom stereocenters. The van der Waals surface area contributed by atoms with Gasteiger partial charge in [0.15, 0.2) is 4.80 Å². The van der Waals surface area contributed by atoms with Gasteiger partial charge in [0.05, 0.1) is 21.2 Å². The van der Waals surface area contributed by atoms with E-state index in [0.29, 0.717) is 35.1 Å². The van der Waals surface area contributed by atoms with Crippen molar-refractivity contribution in [1.29, 1.82) is 0 Å². The summed E-state index contributed by atoms with van der Waals surface area (Å²) < 4.78 is 36.1. The third kappa shape index (κ3) is 5.11. The molecule has 1 aliphatic heterocycles. The van der Waals surface area contributed by atoms with E-state index in [-0.39, 0.29) is 29.1 Å². The molecule has 1 aromatic carbocycles. The second-order valence-electron chi connectivity index (χ2n) is 8.12. The highest BCUT2D eigenvalue weighted by molar-refractivity contribution is 7.91. The first-order valence-corrected chi connectivity index (χ1v) is 14.1. The summed E-state index contributed by atoms with van der Waals surface area (Å²) >= 11 is 8.45. The van der Waals surface area contributed by atoms with Crippen LogP contribution in [0.4, 0.5) is 0 Å². The number of aryl methyl sites for hydroxylation is 2. The van der Waals surface area contributed by atoms with Crippen molar-refractivity contribution < 1.29 is 17.9 Å². The Morgan fingerprint density at radius 2 is 1.88 bits per heavy atom. The fourth-order valence-corrected chi connectivity index (χ4v) is 8.15. The van der Waals surface area contributed by atoms with E-state index in [1.54, 1.807) is 13.2 Å². The molecule has 3 aromatic rings. The number of piperidine rings is 1. The van der Waals surface area contributed by atoms with Gasteiger partial charge in [-0.15, -0.1) is 11.3 Å². The number of carbonyl (C=O) groups excluding carboxylic acids is 1. The molecule has 33 heavy (non-hydrogen) atoms. The van der Waals surface area contributed by atoms with Crippen molar-refractivity contribution in [3.05, 3.63) is 44.5 Å². The minimum absolute atomic E-state index is 0.197. The molecule has 11 heteroatoms. The van der Waals surface area contributed by atoms with Gasteiger partial charge >= 0.3 is 0 Å². The Morgan fingerprint density at radius 1 is 1.18 bits per heavy atom. The van der Waals surface area contributed by atoms with Crippen LogP contribution in [0.1, 0.15) is 24.0 Å². The summed E-state index contributed by atoms with van der Waals surface area (Å²) in [7, 11) is -1.93. The molecule has 7 nitrogen and oxygen atoms in total. The molecule has 2 aromatic heterocycles. The van der Waals surface area contributed by atoms with E-state index in [9.17, 15) is 13.2 Å². The molecule has 1 aliphatic rings. The predicted molar refractivity (Wildman–Crippen MR) is 133 cm³/mol. The molecule has 1 fully saturated rings. The third-order valence-electron chi connectivity index (χ3n) is 5.97. The molecule has 0 aliphatic carbocycles. The normalized spacial score (nSPS) is 16.7. The van der Waals surface area contributed by atoms with Crippen molar-refractivity contribution in [2.24, 2.45) is 10.9 Å². The summed E-state index contributed by atoms with van der Waals surface area (Å²) in [4.78, 5) is 18.2. The van der Waals surface area contributed by atoms with Gasteiger partial charge in [-0.1, -0.05) is 22.9 Å². The van der Waals surface area contributed by atoms with Gasteiger partial charge in [0.25, 0.3) is 15.9 Å². The van der Waals surface area contributed by atoms with Crippen molar-refractivity contribution in [2.75, 3.05) is 26.8 Å². The third-order valence-corrected chi connectivity index (χ3v) is 10.6. The highest BCUT2D eigenvalue weighted by Gasteiger charge is 2.33. The SMILES string of the molecule is COCCn1c(=NC(=O)C2CCN(S(=O)(=O)c3ccc(Cl)s3)CC2)sc2cc(C)c(C)cc21. The molecular formula is C22H26ClN3O4S3. The van der Waals surface area contributed by atoms with E-state index in [0.717, 1.165) is 21.6 Å². The molecule has 0 spiro atoms. The number of aromatic nitrogens is 1. The summed E-state index contributed by atoms with van der Waals surface area (Å²) in [5.41, 5.74) is 3.42. The zero-order valence-corrected chi connectivity index (χ0v) is 21.9. The van der Waals surface area contributed by atoms with Gasteiger partial charge < -0.3 is 9.30 Å². The lowest BCUT2D eigenvalue weighted by atomic mass is 9.98. The van der Waals surface area contributed by atoms with E-state index in [1.165, 1.54) is 32.8 Å². The van der Waals surface area contributed by atoms with Gasteiger partial charge in [-0.05, 0) is 62.1 Å². The van der Waals surface area contributed by atoms with Crippen molar-refractivity contribution in [2.45, 2.75) is 37.4 Å². The van der Waals surface area contributed by atoms with Crippen molar-refractivity contribution in [3.63, 3.8) is 0 Å². The molecule has 0 atom stereocenters. The number of halogens is 1. The quantitative estimate of drug-likeness (QED) is 0.481. The molecule has 1 saturated heterocycles. The van der Waals surface area contributed by atoms with E-state index in [2.05, 4.69) is 31.0 Å². The lowest BCUT2D eigenvalue weighted by Gasteiger charge is -2.29. The molecule has 1 amide bonds. The maximum absolute atomic E-state index is 13.0. The van der Waals surface area contributed by atoms with Gasteiger partial charge in [0.2, 0.25) is 0 Å². The minimum Gasteiger partial charge on any atom is -0.383 e. The Bertz CT molecular complexity index is 1350. The lowest BCUT2D eigenvalue weighted by molar-refractivity contribution is -0.122. The first kappa shape index (κ1) is 24.6. The Balaban J connectivity index is 1.55. The number of ether oxygens (including phenoxy) is 1. The Hall–Kier alpha value is -1.56. The number of rotatable bonds is 6. The Labute approximate surface area is 206 Å². The van der Waals surface area contributed by atoms with Crippen LogP contribution in [0.5, 0.6) is 0 Å². The number of nitrogens with zero attached hydrogens (tertiary/aromatic N) is 3. The standard InChI is InChI=1S/C22H26ClN3O4S3/c1-14-12-17-18(13-15(14)2)31-22(26(17)10-11-30-3)24-21(27)16-6-8-25(9-7-16)33(28,29)20-5-4-19(23)32-20/h4-5,12-13,16H,6-11H2,1-3H3. The molecule has 178 valence electrons. The zero-order chi connectivity index (χ0) is 23.8. The Morgan fingerprint density at radius 3 is 2.52 bits per heavy atom. The van der Waals surface area contributed by atoms with Crippen LogP contribution in [-0.2, 0) is 26.1 Å². The van der Waals surface area contributed by atoms with Crippen molar-refractivity contribution in [3.8, 4) is 0 Å². The first-order chi connectivity index (χ1) is 15.7. The zero-order valence-electron chi connectivity index (χ0n) is 18.7. The maximum Gasteiger partial charge on any atom is 0.252 e. The van der Waals surface area contributed by atoms with E-state index in [1.807, 2.05) is 4.57 Å². The number of methoxy groups -OCH3 is 1. The molecule has 4 rings (SSSR count). The smallest absolute Gasteiger partial charge is 0.252 e. The van der Waals surface area contributed by atoms with Crippen LogP contribution in [0.25, 0.3) is 10.2 Å². The van der Waals surface area contributed by atoms with Gasteiger partial charge in [-0.3, -0.25) is 4.79 Å². The number of thiophene rings is 1. The largest absolute Gasteiger partial charge is 0.383 e. The summed E-state index contributed by atoms with van der Waals surface area (Å²) in [5, 5.41) is 0. The second-order valence-corrected chi connectivity index (χ2v) is 13.0. The van der Waals surface area contributed by atoms with Crippen LogP contribution in [0.2, 0.25) is 4.34 Å². The minimum atomic E-state index is -3.58. The molecular weight excluding hydrogens is 502 g/mol. The van der Waals surface area contributed by atoms with E-state index < -0.39 is 10.0 Å². The first-order valence-electron chi connectivity index (χ1n) is 10.6. The van der Waals surface area contributed by atoms with Crippen LogP contribution >= 0.6 is 34.3 Å². The van der Waals surface area contributed by atoms with Crippen molar-refractivity contribution in [1.82, 2.24) is 8.87 Å². The summed E-state index contributed by atoms with van der Waals surface area (Å²) in [6.45, 7) is 5.84. The highest BCUT2D eigenvalue weighted by atomic mass is 35.5. The van der Waals surface area contributed by atoms with Crippen LogP contribution < -0.4 is 4.80 Å². The second kappa shape index (κ2) is 9.97. The number of hydrogen-bond acceptors (Lipinski definition) is 6. The summed E-state index contributed by atoms with van der Waals surface area (Å²) in [6.07, 6.45) is 0.893. The number of hydrogen-bond donors (Lipinski definition) is 0. The highest BCUT2D eigenvalue weighted by Crippen LogP contribution is 2.31. The molecule has 0 bridgehead atoms. The van der Waals surface area contributed by atoms with Crippen molar-refractivity contribution >= 4 is 60.4 Å². The Kier molecular flexibility index (Phi) is 7.42. The van der Waals surface area contributed by atoms with Crippen LogP contribution in [0.3, 0.4) is 0 Å². The molecule has 0 saturated carbocycles. The van der Waals surface area contributed by atoms with Crippen LogP contribution in [-0.4, -0.2) is 50.0 Å². The van der Waals surface area contributed by atoms with E-state index in [4.69, 9.17) is 16.3 Å². The average molecular weight is 528 g/mol. The topological polar surface area (TPSA) is 81.0 Å². The lowest BCUT2D eigenvalue weighted by Crippen LogP contribution is -2.40. The fourth-order valence-electron chi connectivity index (χ4n) is 3.90. The number of carbonyl (C=O) groups is 1. The number of thiazole rings is 1. The number of fused-ring (bicyclic) bond motifs is 1. The number of benzene rings is 1. The maximum atomic E-state index is 13.0. The number of amides is 1. The average Bonchev–Trinajstić information content (AvgIpc) is 3.36. The van der Waals surface area contributed by atoms with Crippen LogP contribution in [0, 0.1) is 19.8 Å².